The smallest absolute Gasteiger partial charge is 0.222 e. The van der Waals surface area contributed by atoms with Crippen molar-refractivity contribution in [3.8, 4) is 0 Å². The van der Waals surface area contributed by atoms with Crippen LogP contribution in [0, 0.1) is 11.8 Å². The fraction of sp³-hybridized carbons (Fsp3) is 0.900. The van der Waals surface area contributed by atoms with E-state index in [1.807, 2.05) is 0 Å². The number of likely N-dealkylation sites (tertiary alicyclic amines) is 1. The molecule has 4 nitrogen and oxygen atoms in total. The summed E-state index contributed by atoms with van der Waals surface area (Å²) in [6.45, 7) is 2.56. The third-order valence-electron chi connectivity index (χ3n) is 3.18. The van der Waals surface area contributed by atoms with Gasteiger partial charge in [0.2, 0.25) is 5.91 Å². The zero-order chi connectivity index (χ0) is 10.6. The van der Waals surface area contributed by atoms with E-state index in [1.54, 1.807) is 0 Å². The predicted octanol–water partition coefficient (Wildman–Crippen LogP) is -0.221. The minimum absolute atomic E-state index is 0.124. The standard InChI is InChI=1S/C10H21N3O/c1-13-5-2-3-8(4-6-13)9(7-11)10(12)14/h8-9H,2-7,11H2,1H3,(H2,12,14). The number of hydrogen-bond acceptors (Lipinski definition) is 3. The summed E-state index contributed by atoms with van der Waals surface area (Å²) in [5, 5.41) is 0. The Hall–Kier alpha value is -0.610. The molecule has 0 bridgehead atoms. The van der Waals surface area contributed by atoms with Gasteiger partial charge in [-0.2, -0.15) is 0 Å². The minimum Gasteiger partial charge on any atom is -0.369 e. The Morgan fingerprint density at radius 1 is 1.50 bits per heavy atom. The normalized spacial score (nSPS) is 26.9. The highest BCUT2D eigenvalue weighted by atomic mass is 16.1. The van der Waals surface area contributed by atoms with Crippen molar-refractivity contribution in [3.63, 3.8) is 0 Å². The molecule has 1 saturated heterocycles. The number of amides is 1. The van der Waals surface area contributed by atoms with Gasteiger partial charge in [0, 0.05) is 6.54 Å². The second-order valence-electron chi connectivity index (χ2n) is 4.24. The third kappa shape index (κ3) is 2.96. The molecule has 2 atom stereocenters. The lowest BCUT2D eigenvalue weighted by Gasteiger charge is -2.21. The van der Waals surface area contributed by atoms with Gasteiger partial charge in [0.25, 0.3) is 0 Å². The van der Waals surface area contributed by atoms with Gasteiger partial charge in [0.1, 0.15) is 0 Å². The van der Waals surface area contributed by atoms with Crippen LogP contribution >= 0.6 is 0 Å². The molecule has 0 saturated carbocycles. The van der Waals surface area contributed by atoms with Gasteiger partial charge >= 0.3 is 0 Å². The average molecular weight is 199 g/mol. The molecular formula is C10H21N3O. The topological polar surface area (TPSA) is 72.3 Å². The van der Waals surface area contributed by atoms with Crippen LogP contribution in [0.4, 0.5) is 0 Å². The second kappa shape index (κ2) is 5.32. The molecule has 1 fully saturated rings. The predicted molar refractivity (Wildman–Crippen MR) is 56.6 cm³/mol. The maximum absolute atomic E-state index is 11.2. The molecule has 1 aliphatic heterocycles. The van der Waals surface area contributed by atoms with Crippen molar-refractivity contribution in [3.05, 3.63) is 0 Å². The van der Waals surface area contributed by atoms with Crippen LogP contribution in [0.15, 0.2) is 0 Å². The molecule has 82 valence electrons. The quantitative estimate of drug-likeness (QED) is 0.660. The van der Waals surface area contributed by atoms with Crippen molar-refractivity contribution in [1.29, 1.82) is 0 Å². The number of carbonyl (C=O) groups excluding carboxylic acids is 1. The Kier molecular flexibility index (Phi) is 4.35. The Morgan fingerprint density at radius 3 is 2.79 bits per heavy atom. The van der Waals surface area contributed by atoms with Crippen molar-refractivity contribution in [1.82, 2.24) is 4.90 Å². The maximum atomic E-state index is 11.2. The van der Waals surface area contributed by atoms with E-state index >= 15 is 0 Å². The van der Waals surface area contributed by atoms with E-state index < -0.39 is 0 Å². The first-order valence-electron chi connectivity index (χ1n) is 5.33. The van der Waals surface area contributed by atoms with Gasteiger partial charge in [-0.3, -0.25) is 4.79 Å². The van der Waals surface area contributed by atoms with E-state index in [0.717, 1.165) is 32.4 Å². The summed E-state index contributed by atoms with van der Waals surface area (Å²) >= 11 is 0. The van der Waals surface area contributed by atoms with Crippen molar-refractivity contribution in [2.24, 2.45) is 23.3 Å². The summed E-state index contributed by atoms with van der Waals surface area (Å²) in [6.07, 6.45) is 3.27. The van der Waals surface area contributed by atoms with E-state index in [2.05, 4.69) is 11.9 Å². The van der Waals surface area contributed by atoms with E-state index in [0.29, 0.717) is 12.5 Å². The number of nitrogens with two attached hydrogens (primary N) is 2. The number of nitrogens with zero attached hydrogens (tertiary/aromatic N) is 1. The molecule has 2 unspecified atom stereocenters. The van der Waals surface area contributed by atoms with Gasteiger partial charge in [-0.1, -0.05) is 0 Å². The van der Waals surface area contributed by atoms with Gasteiger partial charge < -0.3 is 16.4 Å². The molecule has 4 heteroatoms. The molecule has 0 aromatic heterocycles. The lowest BCUT2D eigenvalue weighted by atomic mass is 9.86. The van der Waals surface area contributed by atoms with E-state index in [-0.39, 0.29) is 11.8 Å². The summed E-state index contributed by atoms with van der Waals surface area (Å²) in [6, 6.07) is 0. The Labute approximate surface area is 85.6 Å². The van der Waals surface area contributed by atoms with Gasteiger partial charge in [0.05, 0.1) is 5.92 Å². The Bertz CT molecular complexity index is 196. The highest BCUT2D eigenvalue weighted by Crippen LogP contribution is 2.23. The molecule has 4 N–H and O–H groups in total. The fourth-order valence-electron chi connectivity index (χ4n) is 2.21. The largest absolute Gasteiger partial charge is 0.369 e. The first-order chi connectivity index (χ1) is 6.65. The fourth-order valence-corrected chi connectivity index (χ4v) is 2.21. The number of rotatable bonds is 3. The van der Waals surface area contributed by atoms with Crippen LogP contribution in [0.3, 0.4) is 0 Å². The van der Waals surface area contributed by atoms with Crippen LogP contribution in [0.5, 0.6) is 0 Å². The highest BCUT2D eigenvalue weighted by molar-refractivity contribution is 5.77. The monoisotopic (exact) mass is 199 g/mol. The molecule has 1 heterocycles. The molecule has 1 rings (SSSR count). The lowest BCUT2D eigenvalue weighted by Crippen LogP contribution is -2.36. The second-order valence-corrected chi connectivity index (χ2v) is 4.24. The first kappa shape index (κ1) is 11.5. The first-order valence-corrected chi connectivity index (χ1v) is 5.33. The molecule has 0 aromatic rings. The SMILES string of the molecule is CN1CCCC(C(CN)C(N)=O)CC1. The van der Waals surface area contributed by atoms with Crippen molar-refractivity contribution < 1.29 is 4.79 Å². The molecule has 1 amide bonds. The number of primary amides is 1. The van der Waals surface area contributed by atoms with Crippen LogP contribution in [-0.2, 0) is 4.79 Å². The van der Waals surface area contributed by atoms with Gasteiger partial charge in [-0.15, -0.1) is 0 Å². The highest BCUT2D eigenvalue weighted by Gasteiger charge is 2.26. The summed E-state index contributed by atoms with van der Waals surface area (Å²) in [7, 11) is 2.12. The summed E-state index contributed by atoms with van der Waals surface area (Å²) in [5.41, 5.74) is 10.9. The molecule has 0 aliphatic carbocycles. The molecule has 0 radical (unpaired) electrons. The van der Waals surface area contributed by atoms with E-state index in [4.69, 9.17) is 11.5 Å². The van der Waals surface area contributed by atoms with Gasteiger partial charge in [-0.25, -0.2) is 0 Å². The van der Waals surface area contributed by atoms with Crippen molar-refractivity contribution >= 4 is 5.91 Å². The zero-order valence-corrected chi connectivity index (χ0v) is 8.91. The lowest BCUT2D eigenvalue weighted by molar-refractivity contribution is -0.123. The molecule has 1 aliphatic rings. The van der Waals surface area contributed by atoms with Crippen molar-refractivity contribution in [2.75, 3.05) is 26.7 Å². The Morgan fingerprint density at radius 2 is 2.21 bits per heavy atom. The van der Waals surface area contributed by atoms with Crippen LogP contribution in [0.25, 0.3) is 0 Å². The van der Waals surface area contributed by atoms with Crippen molar-refractivity contribution in [2.45, 2.75) is 19.3 Å². The number of hydrogen-bond donors (Lipinski definition) is 2. The maximum Gasteiger partial charge on any atom is 0.222 e. The van der Waals surface area contributed by atoms with Crippen LogP contribution in [0.1, 0.15) is 19.3 Å². The Balaban J connectivity index is 2.53. The summed E-state index contributed by atoms with van der Waals surface area (Å²) in [4.78, 5) is 13.5. The van der Waals surface area contributed by atoms with Crippen LogP contribution in [0.2, 0.25) is 0 Å². The van der Waals surface area contributed by atoms with Gasteiger partial charge in [0.15, 0.2) is 0 Å². The zero-order valence-electron chi connectivity index (χ0n) is 8.91. The molecule has 0 aromatic carbocycles. The minimum atomic E-state index is -0.234. The molecule has 0 spiro atoms. The third-order valence-corrected chi connectivity index (χ3v) is 3.18. The summed E-state index contributed by atoms with van der Waals surface area (Å²) in [5.74, 6) is 0.0333. The molecular weight excluding hydrogens is 178 g/mol. The summed E-state index contributed by atoms with van der Waals surface area (Å²) < 4.78 is 0. The van der Waals surface area contributed by atoms with E-state index in [1.165, 1.54) is 0 Å². The number of carbonyl (C=O) groups is 1. The average Bonchev–Trinajstić information content (AvgIpc) is 2.32. The van der Waals surface area contributed by atoms with E-state index in [9.17, 15) is 4.79 Å². The van der Waals surface area contributed by atoms with Crippen LogP contribution < -0.4 is 11.5 Å². The van der Waals surface area contributed by atoms with Gasteiger partial charge in [-0.05, 0) is 45.3 Å². The van der Waals surface area contributed by atoms with Crippen LogP contribution in [-0.4, -0.2) is 37.5 Å². The molecule has 14 heavy (non-hydrogen) atoms.